The van der Waals surface area contributed by atoms with E-state index in [9.17, 15) is 0 Å². The van der Waals surface area contributed by atoms with Crippen molar-refractivity contribution >= 4 is 7.92 Å². The minimum Gasteiger partial charge on any atom is -1.00 e. The van der Waals surface area contributed by atoms with Gasteiger partial charge in [0, 0.05) is 7.92 Å². The Morgan fingerprint density at radius 2 is 0.933 bits per heavy atom. The number of hydrogen-bond acceptors (Lipinski definition) is 0. The summed E-state index contributed by atoms with van der Waals surface area (Å²) in [6.45, 7) is 6.96. The largest absolute Gasteiger partial charge is 1.00 e. The molecule has 15 heavy (non-hydrogen) atoms. The quantitative estimate of drug-likeness (QED) is 0.317. The summed E-state index contributed by atoms with van der Waals surface area (Å²) in [7, 11) is 0.0675. The van der Waals surface area contributed by atoms with Crippen LogP contribution in [0, 0.1) is 0 Å². The smallest absolute Gasteiger partial charge is 1.00 e. The van der Waals surface area contributed by atoms with Gasteiger partial charge in [-0.15, -0.1) is 0 Å². The molecule has 0 amide bonds. The van der Waals surface area contributed by atoms with E-state index >= 15 is 0 Å². The molecule has 0 unspecified atom stereocenters. The Morgan fingerprint density at radius 1 is 0.667 bits per heavy atom. The van der Waals surface area contributed by atoms with Crippen LogP contribution in [0.25, 0.3) is 0 Å². The Hall–Kier alpha value is 1.68. The zero-order valence-corrected chi connectivity index (χ0v) is 14.6. The number of rotatable bonds is 9. The van der Waals surface area contributed by atoms with E-state index in [1.807, 2.05) is 0 Å². The summed E-state index contributed by atoms with van der Waals surface area (Å²) in [6, 6.07) is 0. The normalized spacial score (nSPS) is 9.60. The van der Waals surface area contributed by atoms with Gasteiger partial charge in [-0.1, -0.05) is 40.0 Å². The summed E-state index contributed by atoms with van der Waals surface area (Å²) < 4.78 is 0. The molecule has 0 N–H and O–H groups in total. The molecule has 98 valence electrons. The van der Waals surface area contributed by atoms with Crippen LogP contribution < -0.4 is 24.0 Å². The van der Waals surface area contributed by atoms with E-state index in [2.05, 4.69) is 20.8 Å². The fraction of sp³-hybridized carbons (Fsp3) is 1.00. The first kappa shape index (κ1) is 21.9. The molecule has 0 saturated carbocycles. The summed E-state index contributed by atoms with van der Waals surface area (Å²) in [6.07, 6.45) is 13.4. The second kappa shape index (κ2) is 18.1. The number of halogens is 1. The molecule has 0 aromatic carbocycles. The Bertz CT molecular complexity index is 82.6. The van der Waals surface area contributed by atoms with Gasteiger partial charge in [-0.05, 0) is 19.3 Å². The first-order valence-corrected chi connectivity index (χ1v) is 8.30. The van der Waals surface area contributed by atoms with Gasteiger partial charge in [0.25, 0.3) is 0 Å². The first-order valence-electron chi connectivity index (χ1n) is 6.18. The van der Waals surface area contributed by atoms with Crippen molar-refractivity contribution in [3.05, 3.63) is 0 Å². The molecule has 0 aliphatic carbocycles. The van der Waals surface area contributed by atoms with Gasteiger partial charge in [-0.3, -0.25) is 0 Å². The van der Waals surface area contributed by atoms with Gasteiger partial charge >= 0.3 is 17.1 Å². The molecule has 0 aliphatic heterocycles. The van der Waals surface area contributed by atoms with E-state index in [1.165, 1.54) is 38.5 Å². The summed E-state index contributed by atoms with van der Waals surface area (Å²) in [5, 5.41) is 0. The summed E-state index contributed by atoms with van der Waals surface area (Å²) in [4.78, 5) is 0. The predicted molar refractivity (Wildman–Crippen MR) is 67.6 cm³/mol. The van der Waals surface area contributed by atoms with Crippen LogP contribution in [0.3, 0.4) is 0 Å². The predicted octanol–water partition coefficient (Wildman–Crippen LogP) is 1.60. The molecule has 0 atom stereocenters. The first-order chi connectivity index (χ1) is 6.35. The molecule has 3 heteroatoms. The van der Waals surface area contributed by atoms with Crippen LogP contribution in [0.2, 0.25) is 0 Å². The Morgan fingerprint density at radius 3 is 1.13 bits per heavy atom. The van der Waals surface area contributed by atoms with Gasteiger partial charge in [0.05, 0.1) is 18.5 Å². The number of hydrogen-bond donors (Lipinski definition) is 0. The van der Waals surface area contributed by atoms with Gasteiger partial charge in [-0.25, -0.2) is 0 Å². The Kier molecular flexibility index (Phi) is 26.4. The van der Waals surface area contributed by atoms with Crippen LogP contribution in [0.4, 0.5) is 0 Å². The van der Waals surface area contributed by atoms with Gasteiger partial charge in [-0.2, -0.15) is 0 Å². The molecule has 0 aromatic heterocycles. The van der Waals surface area contributed by atoms with E-state index in [1.54, 1.807) is 18.5 Å². The Labute approximate surface area is 126 Å². The fourth-order valence-electron chi connectivity index (χ4n) is 1.66. The molecule has 0 rings (SSSR count). The molecule has 0 fully saturated rings. The monoisotopic (exact) mass is 393 g/mol. The molecule has 0 bridgehead atoms. The van der Waals surface area contributed by atoms with Crippen molar-refractivity contribution in [1.29, 1.82) is 0 Å². The third kappa shape index (κ3) is 15.7. The standard InChI is InChI=1S/C12H27P.Cu.HI/c1-4-7-10-13(11-8-5-2)12-9-6-3;;/h4-12H2,1-3H3;;1H/q;+1;. The molecule has 0 aliphatic rings. The van der Waals surface area contributed by atoms with Crippen molar-refractivity contribution in [2.24, 2.45) is 0 Å². The molecule has 0 saturated heterocycles. The summed E-state index contributed by atoms with van der Waals surface area (Å²) in [5.74, 6) is 0. The average molecular weight is 394 g/mol. The van der Waals surface area contributed by atoms with Gasteiger partial charge in [0.2, 0.25) is 0 Å². The molecular weight excluding hydrogens is 366 g/mol. The van der Waals surface area contributed by atoms with Crippen LogP contribution in [-0.2, 0) is 17.1 Å². The van der Waals surface area contributed by atoms with Crippen LogP contribution in [0.15, 0.2) is 0 Å². The molecule has 0 radical (unpaired) electrons. The summed E-state index contributed by atoms with van der Waals surface area (Å²) in [5.41, 5.74) is 0. The van der Waals surface area contributed by atoms with Crippen molar-refractivity contribution in [3.63, 3.8) is 0 Å². The molecule has 0 heterocycles. The maximum absolute atomic E-state index is 2.32. The zero-order valence-electron chi connectivity index (χ0n) is 10.5. The minimum absolute atomic E-state index is 0. The van der Waals surface area contributed by atoms with Gasteiger partial charge < -0.3 is 24.0 Å². The average Bonchev–Trinajstić information content (AvgIpc) is 2.17. The second-order valence-corrected chi connectivity index (χ2v) is 7.06. The van der Waals surface area contributed by atoms with Crippen molar-refractivity contribution in [1.82, 2.24) is 0 Å². The van der Waals surface area contributed by atoms with Gasteiger partial charge in [0.15, 0.2) is 0 Å². The molecular formula is C12H28CuIP+. The molecule has 0 aromatic rings. The van der Waals surface area contributed by atoms with Crippen molar-refractivity contribution < 1.29 is 41.0 Å². The molecule has 0 spiro atoms. The van der Waals surface area contributed by atoms with Crippen molar-refractivity contribution in [2.75, 3.05) is 18.5 Å². The number of unbranched alkanes of at least 4 members (excludes halogenated alkanes) is 3. The van der Waals surface area contributed by atoms with E-state index in [0.717, 1.165) is 0 Å². The van der Waals surface area contributed by atoms with Crippen molar-refractivity contribution in [3.8, 4) is 0 Å². The Balaban J connectivity index is -0.000000720. The minimum atomic E-state index is 0. The van der Waals surface area contributed by atoms with Gasteiger partial charge in [0.1, 0.15) is 0 Å². The van der Waals surface area contributed by atoms with Crippen LogP contribution in [-0.4, -0.2) is 18.5 Å². The van der Waals surface area contributed by atoms with Crippen LogP contribution in [0.5, 0.6) is 0 Å². The van der Waals surface area contributed by atoms with Crippen molar-refractivity contribution in [2.45, 2.75) is 59.3 Å². The van der Waals surface area contributed by atoms with E-state index < -0.39 is 0 Å². The van der Waals surface area contributed by atoms with E-state index in [4.69, 9.17) is 0 Å². The SMILES string of the molecule is CCCC[PH+](CCCC)CCCC.[Cu+].[I-]. The topological polar surface area (TPSA) is 0 Å². The van der Waals surface area contributed by atoms with E-state index in [-0.39, 0.29) is 49.0 Å². The van der Waals surface area contributed by atoms with E-state index in [0.29, 0.717) is 0 Å². The second-order valence-electron chi connectivity index (χ2n) is 4.06. The maximum atomic E-state index is 2.32. The zero-order chi connectivity index (χ0) is 9.94. The van der Waals surface area contributed by atoms with Crippen LogP contribution >= 0.6 is 7.92 Å². The maximum Gasteiger partial charge on any atom is 1.00 e. The fourth-order valence-corrected chi connectivity index (χ4v) is 4.97. The van der Waals surface area contributed by atoms with Crippen LogP contribution in [0.1, 0.15) is 59.3 Å². The summed E-state index contributed by atoms with van der Waals surface area (Å²) >= 11 is 0. The third-order valence-electron chi connectivity index (χ3n) is 2.65. The third-order valence-corrected chi connectivity index (χ3v) is 5.83. The molecule has 0 nitrogen and oxygen atoms in total.